The van der Waals surface area contributed by atoms with Gasteiger partial charge in [-0.15, -0.1) is 0 Å². The highest BCUT2D eigenvalue weighted by Gasteiger charge is 2.03. The molecule has 0 saturated carbocycles. The molecule has 0 aliphatic heterocycles. The Kier molecular flexibility index (Phi) is 3.61. The van der Waals surface area contributed by atoms with Crippen LogP contribution >= 0.6 is 0 Å². The van der Waals surface area contributed by atoms with Crippen LogP contribution in [-0.2, 0) is 6.42 Å². The predicted octanol–water partition coefficient (Wildman–Crippen LogP) is 2.81. The van der Waals surface area contributed by atoms with Crippen molar-refractivity contribution >= 4 is 11.0 Å². The molecular formula is C13H15N3O. The molecule has 0 saturated heterocycles. The number of nitrogens with zero attached hydrogens (tertiary/aromatic N) is 2. The Hall–Kier alpha value is -2.02. The lowest BCUT2D eigenvalue weighted by atomic mass is 10.3. The first-order valence-electron chi connectivity index (χ1n) is 5.82. The van der Waals surface area contributed by atoms with Crippen LogP contribution < -0.4 is 4.74 Å². The Bertz CT molecular complexity index is 539. The van der Waals surface area contributed by atoms with E-state index < -0.39 is 0 Å². The summed E-state index contributed by atoms with van der Waals surface area (Å²) in [7, 11) is 0. The molecule has 2 rings (SSSR count). The maximum atomic E-state index is 8.43. The molecule has 0 unspecified atom stereocenters. The first-order chi connectivity index (χ1) is 8.33. The summed E-state index contributed by atoms with van der Waals surface area (Å²) in [6, 6.07) is 7.80. The lowest BCUT2D eigenvalue weighted by Gasteiger charge is -2.02. The van der Waals surface area contributed by atoms with Gasteiger partial charge in [-0.1, -0.05) is 6.92 Å². The first-order valence-corrected chi connectivity index (χ1v) is 5.82. The summed E-state index contributed by atoms with van der Waals surface area (Å²) in [6.07, 6.45) is 2.44. The number of benzene rings is 1. The maximum Gasteiger partial charge on any atom is 0.121 e. The van der Waals surface area contributed by atoms with Gasteiger partial charge in [0.2, 0.25) is 0 Å². The van der Waals surface area contributed by atoms with Crippen molar-refractivity contribution in [2.24, 2.45) is 0 Å². The molecule has 4 nitrogen and oxygen atoms in total. The minimum absolute atomic E-state index is 0.405. The van der Waals surface area contributed by atoms with Crippen LogP contribution in [0.2, 0.25) is 0 Å². The lowest BCUT2D eigenvalue weighted by Crippen LogP contribution is -1.95. The van der Waals surface area contributed by atoms with Crippen LogP contribution in [0, 0.1) is 11.3 Å². The molecule has 0 spiro atoms. The summed E-state index contributed by atoms with van der Waals surface area (Å²) in [4.78, 5) is 7.75. The normalized spacial score (nSPS) is 10.4. The number of aromatic nitrogens is 2. The molecule has 0 aliphatic carbocycles. The zero-order chi connectivity index (χ0) is 12.1. The number of hydrogen-bond donors (Lipinski definition) is 1. The zero-order valence-corrected chi connectivity index (χ0v) is 9.86. The van der Waals surface area contributed by atoms with Crippen molar-refractivity contribution in [1.82, 2.24) is 9.97 Å². The van der Waals surface area contributed by atoms with Crippen LogP contribution in [0.1, 0.15) is 25.6 Å². The second-order valence-electron chi connectivity index (χ2n) is 3.87. The van der Waals surface area contributed by atoms with E-state index in [4.69, 9.17) is 10.00 Å². The van der Waals surface area contributed by atoms with Gasteiger partial charge in [-0.25, -0.2) is 4.98 Å². The van der Waals surface area contributed by atoms with Gasteiger partial charge >= 0.3 is 0 Å². The highest BCUT2D eigenvalue weighted by atomic mass is 16.5. The standard InChI is InChI=1S/C13H15N3O/c1-2-4-13-15-11-6-5-10(9-12(11)16-13)17-8-3-7-14/h5-6,9H,2-4,8H2,1H3,(H,15,16). The number of ether oxygens (including phenoxy) is 1. The number of hydrogen-bond acceptors (Lipinski definition) is 3. The molecule has 88 valence electrons. The van der Waals surface area contributed by atoms with Crippen molar-refractivity contribution in [3.63, 3.8) is 0 Å². The summed E-state index contributed by atoms with van der Waals surface area (Å²) < 4.78 is 5.45. The maximum absolute atomic E-state index is 8.43. The molecule has 4 heteroatoms. The first kappa shape index (κ1) is 11.5. The van der Waals surface area contributed by atoms with Gasteiger partial charge in [0, 0.05) is 12.5 Å². The fourth-order valence-electron chi connectivity index (χ4n) is 1.70. The Labute approximate surface area is 100 Å². The van der Waals surface area contributed by atoms with E-state index in [1.165, 1.54) is 0 Å². The van der Waals surface area contributed by atoms with E-state index in [1.54, 1.807) is 0 Å². The van der Waals surface area contributed by atoms with Crippen molar-refractivity contribution in [2.75, 3.05) is 6.61 Å². The minimum Gasteiger partial charge on any atom is -0.492 e. The van der Waals surface area contributed by atoms with Gasteiger partial charge in [0.05, 0.1) is 23.5 Å². The van der Waals surface area contributed by atoms with Crippen molar-refractivity contribution in [2.45, 2.75) is 26.2 Å². The summed E-state index contributed by atoms with van der Waals surface area (Å²) >= 11 is 0. The summed E-state index contributed by atoms with van der Waals surface area (Å²) in [5.41, 5.74) is 1.95. The van der Waals surface area contributed by atoms with E-state index in [1.807, 2.05) is 18.2 Å². The average Bonchev–Trinajstić information content (AvgIpc) is 2.71. The molecule has 0 aliphatic rings. The summed E-state index contributed by atoms with van der Waals surface area (Å²) in [5.74, 6) is 1.79. The van der Waals surface area contributed by atoms with Gasteiger partial charge in [0.15, 0.2) is 0 Å². The summed E-state index contributed by atoms with van der Waals surface area (Å²) in [6.45, 7) is 2.56. The SMILES string of the molecule is CCCc1nc2ccc(OCCC#N)cc2[nH]1. The smallest absolute Gasteiger partial charge is 0.121 e. The van der Waals surface area contributed by atoms with Crippen molar-refractivity contribution < 1.29 is 4.74 Å². The van der Waals surface area contributed by atoms with E-state index in [2.05, 4.69) is 23.0 Å². The molecule has 1 N–H and O–H groups in total. The lowest BCUT2D eigenvalue weighted by molar-refractivity contribution is 0.327. The second kappa shape index (κ2) is 5.35. The molecule has 1 aromatic carbocycles. The van der Waals surface area contributed by atoms with E-state index in [-0.39, 0.29) is 0 Å². The molecule has 1 aromatic heterocycles. The molecule has 17 heavy (non-hydrogen) atoms. The largest absolute Gasteiger partial charge is 0.492 e. The summed E-state index contributed by atoms with van der Waals surface area (Å²) in [5, 5.41) is 8.43. The van der Waals surface area contributed by atoms with Gasteiger partial charge in [0.1, 0.15) is 18.2 Å². The molecule has 0 bridgehead atoms. The fourth-order valence-corrected chi connectivity index (χ4v) is 1.70. The number of rotatable bonds is 5. The Morgan fingerprint density at radius 1 is 1.47 bits per heavy atom. The quantitative estimate of drug-likeness (QED) is 0.802. The van der Waals surface area contributed by atoms with Crippen LogP contribution in [-0.4, -0.2) is 16.6 Å². The van der Waals surface area contributed by atoms with Crippen LogP contribution in [0.3, 0.4) is 0 Å². The number of aryl methyl sites for hydroxylation is 1. The van der Waals surface area contributed by atoms with Crippen LogP contribution in [0.5, 0.6) is 5.75 Å². The Balaban J connectivity index is 2.16. The predicted molar refractivity (Wildman–Crippen MR) is 65.8 cm³/mol. The molecule has 2 aromatic rings. The van der Waals surface area contributed by atoms with E-state index in [0.29, 0.717) is 13.0 Å². The van der Waals surface area contributed by atoms with Crippen LogP contribution in [0.25, 0.3) is 11.0 Å². The average molecular weight is 229 g/mol. The molecule has 0 radical (unpaired) electrons. The highest BCUT2D eigenvalue weighted by molar-refractivity contribution is 5.76. The van der Waals surface area contributed by atoms with Gasteiger partial charge in [-0.3, -0.25) is 0 Å². The van der Waals surface area contributed by atoms with Gasteiger partial charge in [-0.2, -0.15) is 5.26 Å². The molecule has 0 amide bonds. The number of nitrogens with one attached hydrogen (secondary N) is 1. The van der Waals surface area contributed by atoms with Gasteiger partial charge < -0.3 is 9.72 Å². The molecule has 0 fully saturated rings. The fraction of sp³-hybridized carbons (Fsp3) is 0.385. The third kappa shape index (κ3) is 2.76. The van der Waals surface area contributed by atoms with Crippen molar-refractivity contribution in [3.8, 4) is 11.8 Å². The molecule has 0 atom stereocenters. The van der Waals surface area contributed by atoms with Crippen molar-refractivity contribution in [1.29, 1.82) is 5.26 Å². The Morgan fingerprint density at radius 2 is 2.35 bits per heavy atom. The second-order valence-corrected chi connectivity index (χ2v) is 3.87. The van der Waals surface area contributed by atoms with E-state index >= 15 is 0 Å². The number of nitriles is 1. The molecule has 1 heterocycles. The highest BCUT2D eigenvalue weighted by Crippen LogP contribution is 2.19. The van der Waals surface area contributed by atoms with E-state index in [0.717, 1.165) is 35.4 Å². The van der Waals surface area contributed by atoms with Crippen LogP contribution in [0.4, 0.5) is 0 Å². The number of aromatic amines is 1. The Morgan fingerprint density at radius 3 is 3.12 bits per heavy atom. The third-order valence-electron chi connectivity index (χ3n) is 2.47. The zero-order valence-electron chi connectivity index (χ0n) is 9.86. The van der Waals surface area contributed by atoms with Gasteiger partial charge in [0.25, 0.3) is 0 Å². The minimum atomic E-state index is 0.405. The molecular weight excluding hydrogens is 214 g/mol. The van der Waals surface area contributed by atoms with Gasteiger partial charge in [-0.05, 0) is 18.6 Å². The number of imidazole rings is 1. The van der Waals surface area contributed by atoms with E-state index in [9.17, 15) is 0 Å². The third-order valence-corrected chi connectivity index (χ3v) is 2.47. The number of H-pyrrole nitrogens is 1. The topological polar surface area (TPSA) is 61.7 Å². The van der Waals surface area contributed by atoms with Crippen molar-refractivity contribution in [3.05, 3.63) is 24.0 Å². The number of fused-ring (bicyclic) bond motifs is 1. The monoisotopic (exact) mass is 229 g/mol. The van der Waals surface area contributed by atoms with Crippen LogP contribution in [0.15, 0.2) is 18.2 Å².